The molecule has 2 amide bonds. The lowest BCUT2D eigenvalue weighted by molar-refractivity contribution is -0.123. The molecule has 2 aromatic carbocycles. The first kappa shape index (κ1) is 17.4. The van der Waals surface area contributed by atoms with Crippen LogP contribution in [0.25, 0.3) is 0 Å². The molecule has 5 nitrogen and oxygen atoms in total. The van der Waals surface area contributed by atoms with Gasteiger partial charge >= 0.3 is 5.97 Å². The first-order valence-corrected chi connectivity index (χ1v) is 9.87. The molecule has 28 heavy (non-hydrogen) atoms. The fourth-order valence-corrected chi connectivity index (χ4v) is 5.28. The highest BCUT2D eigenvalue weighted by Gasteiger charge is 2.61. The first-order chi connectivity index (χ1) is 13.5. The maximum Gasteiger partial charge on any atom is 0.345 e. The van der Waals surface area contributed by atoms with E-state index in [0.717, 1.165) is 19.3 Å². The molecule has 0 radical (unpaired) electrons. The van der Waals surface area contributed by atoms with Crippen molar-refractivity contribution in [3.63, 3.8) is 0 Å². The zero-order valence-corrected chi connectivity index (χ0v) is 15.8. The zero-order valence-electron chi connectivity index (χ0n) is 15.0. The fourth-order valence-electron chi connectivity index (χ4n) is 5.15. The Labute approximate surface area is 167 Å². The van der Waals surface area contributed by atoms with E-state index in [2.05, 4.69) is 0 Å². The Morgan fingerprint density at radius 3 is 2.18 bits per heavy atom. The second kappa shape index (κ2) is 6.45. The van der Waals surface area contributed by atoms with Gasteiger partial charge in [0.05, 0.1) is 23.1 Å². The van der Waals surface area contributed by atoms with Gasteiger partial charge in [-0.15, -0.1) is 0 Å². The van der Waals surface area contributed by atoms with Crippen LogP contribution in [0.15, 0.2) is 48.5 Å². The highest BCUT2D eigenvalue weighted by Crippen LogP contribution is 2.56. The Balaban J connectivity index is 1.47. The van der Waals surface area contributed by atoms with Crippen LogP contribution in [0.3, 0.4) is 0 Å². The van der Waals surface area contributed by atoms with E-state index in [1.165, 1.54) is 4.90 Å². The normalized spacial score (nSPS) is 28.0. The van der Waals surface area contributed by atoms with Crippen LogP contribution in [0, 0.1) is 23.7 Å². The minimum absolute atomic E-state index is 0.172. The smallest absolute Gasteiger partial charge is 0.345 e. The summed E-state index contributed by atoms with van der Waals surface area (Å²) in [4.78, 5) is 40.2. The van der Waals surface area contributed by atoms with E-state index in [1.807, 2.05) is 0 Å². The Kier molecular flexibility index (Phi) is 4.02. The molecule has 1 saturated heterocycles. The van der Waals surface area contributed by atoms with Crippen LogP contribution in [0.4, 0.5) is 5.69 Å². The quantitative estimate of drug-likeness (QED) is 0.446. The van der Waals surface area contributed by atoms with Crippen molar-refractivity contribution in [1.82, 2.24) is 0 Å². The molecule has 0 N–H and O–H groups in total. The number of imide groups is 1. The van der Waals surface area contributed by atoms with Gasteiger partial charge in [0.25, 0.3) is 0 Å². The summed E-state index contributed by atoms with van der Waals surface area (Å²) in [7, 11) is 0. The Hall–Kier alpha value is -2.66. The largest absolute Gasteiger partial charge is 0.423 e. The van der Waals surface area contributed by atoms with E-state index in [0.29, 0.717) is 28.3 Å². The number of anilines is 1. The molecule has 2 saturated carbocycles. The van der Waals surface area contributed by atoms with Crippen molar-refractivity contribution in [2.24, 2.45) is 23.7 Å². The number of esters is 1. The molecule has 0 aromatic heterocycles. The third-order valence-corrected chi connectivity index (χ3v) is 6.57. The molecule has 3 aliphatic rings. The fraction of sp³-hybridized carbons (Fsp3) is 0.318. The topological polar surface area (TPSA) is 63.7 Å². The van der Waals surface area contributed by atoms with E-state index in [9.17, 15) is 14.4 Å². The molecule has 2 bridgehead atoms. The van der Waals surface area contributed by atoms with Crippen molar-refractivity contribution < 1.29 is 19.1 Å². The lowest BCUT2D eigenvalue weighted by Gasteiger charge is -2.19. The molecule has 2 aromatic rings. The molecule has 5 rings (SSSR count). The van der Waals surface area contributed by atoms with Crippen molar-refractivity contribution in [2.75, 3.05) is 4.90 Å². The molecule has 1 heterocycles. The van der Waals surface area contributed by atoms with Crippen molar-refractivity contribution >= 4 is 35.1 Å². The number of amides is 2. The Bertz CT molecular complexity index is 958. The van der Waals surface area contributed by atoms with Crippen LogP contribution < -0.4 is 9.64 Å². The molecule has 2 aliphatic carbocycles. The summed E-state index contributed by atoms with van der Waals surface area (Å²) in [6.45, 7) is 0. The van der Waals surface area contributed by atoms with Crippen LogP contribution in [0.1, 0.15) is 29.6 Å². The summed E-state index contributed by atoms with van der Waals surface area (Å²) in [5.74, 6) is -0.480. The molecular formula is C22H18ClNO4. The number of para-hydroxylation sites is 1. The van der Waals surface area contributed by atoms with Gasteiger partial charge in [-0.2, -0.15) is 0 Å². The SMILES string of the molecule is O=C(Oc1ccc(Cl)cc1)c1ccccc1N1C(=O)[C@@H]2[C@H]3CC[C@@H](C3)[C@@H]2C1=O. The molecule has 0 unspecified atom stereocenters. The second-order valence-corrected chi connectivity index (χ2v) is 8.19. The number of hydrogen-bond donors (Lipinski definition) is 0. The van der Waals surface area contributed by atoms with Crippen molar-refractivity contribution in [2.45, 2.75) is 19.3 Å². The molecule has 142 valence electrons. The number of nitrogens with zero attached hydrogens (tertiary/aromatic N) is 1. The monoisotopic (exact) mass is 395 g/mol. The number of rotatable bonds is 3. The number of carbonyl (C=O) groups is 3. The van der Waals surface area contributed by atoms with Crippen LogP contribution in [-0.2, 0) is 9.59 Å². The summed E-state index contributed by atoms with van der Waals surface area (Å²) in [5, 5.41) is 0.537. The van der Waals surface area contributed by atoms with Crippen molar-refractivity contribution in [3.05, 3.63) is 59.1 Å². The summed E-state index contributed by atoms with van der Waals surface area (Å²) in [5.41, 5.74) is 0.511. The van der Waals surface area contributed by atoms with Gasteiger partial charge in [-0.1, -0.05) is 23.7 Å². The number of hydrogen-bond acceptors (Lipinski definition) is 4. The average molecular weight is 396 g/mol. The van der Waals surface area contributed by atoms with E-state index in [-0.39, 0.29) is 29.2 Å². The number of carbonyl (C=O) groups excluding carboxylic acids is 3. The van der Waals surface area contributed by atoms with Gasteiger partial charge in [0, 0.05) is 5.02 Å². The van der Waals surface area contributed by atoms with Crippen LogP contribution in [-0.4, -0.2) is 17.8 Å². The molecule has 1 aliphatic heterocycles. The number of benzene rings is 2. The van der Waals surface area contributed by atoms with Gasteiger partial charge in [-0.25, -0.2) is 9.69 Å². The number of ether oxygens (including phenoxy) is 1. The highest BCUT2D eigenvalue weighted by atomic mass is 35.5. The Morgan fingerprint density at radius 2 is 1.54 bits per heavy atom. The first-order valence-electron chi connectivity index (χ1n) is 9.49. The summed E-state index contributed by atoms with van der Waals surface area (Å²) in [6.07, 6.45) is 3.00. The van der Waals surface area contributed by atoms with Crippen molar-refractivity contribution in [1.29, 1.82) is 0 Å². The summed E-state index contributed by atoms with van der Waals surface area (Å²) in [6, 6.07) is 13.1. The summed E-state index contributed by atoms with van der Waals surface area (Å²) < 4.78 is 5.43. The third kappa shape index (κ3) is 2.57. The third-order valence-electron chi connectivity index (χ3n) is 6.32. The van der Waals surface area contributed by atoms with Gasteiger partial charge in [-0.05, 0) is 67.5 Å². The lowest BCUT2D eigenvalue weighted by Crippen LogP contribution is -2.34. The molecule has 6 heteroatoms. The minimum Gasteiger partial charge on any atom is -0.423 e. The van der Waals surface area contributed by atoms with Gasteiger partial charge in [-0.3, -0.25) is 9.59 Å². The second-order valence-electron chi connectivity index (χ2n) is 7.76. The van der Waals surface area contributed by atoms with E-state index < -0.39 is 5.97 Å². The lowest BCUT2D eigenvalue weighted by atomic mass is 9.81. The maximum atomic E-state index is 13.1. The maximum absolute atomic E-state index is 13.1. The molecule has 3 fully saturated rings. The van der Waals surface area contributed by atoms with Gasteiger partial charge in [0.2, 0.25) is 11.8 Å². The van der Waals surface area contributed by atoms with Gasteiger partial charge < -0.3 is 4.74 Å². The standard InChI is InChI=1S/C22H18ClNO4/c23-14-7-9-15(10-8-14)28-22(27)16-3-1-2-4-17(16)24-20(25)18-12-5-6-13(11-12)19(18)21(24)26/h1-4,7-10,12-13,18-19H,5-6,11H2/t12-,13-,18-,19+/m0/s1. The van der Waals surface area contributed by atoms with Gasteiger partial charge in [0.15, 0.2) is 0 Å². The summed E-state index contributed by atoms with van der Waals surface area (Å²) >= 11 is 5.86. The predicted molar refractivity (Wildman–Crippen MR) is 103 cm³/mol. The zero-order chi connectivity index (χ0) is 19.4. The van der Waals surface area contributed by atoms with E-state index in [4.69, 9.17) is 16.3 Å². The van der Waals surface area contributed by atoms with E-state index in [1.54, 1.807) is 48.5 Å². The number of halogens is 1. The Morgan fingerprint density at radius 1 is 0.929 bits per heavy atom. The van der Waals surface area contributed by atoms with E-state index >= 15 is 0 Å². The number of fused-ring (bicyclic) bond motifs is 5. The van der Waals surface area contributed by atoms with Crippen LogP contribution in [0.2, 0.25) is 5.02 Å². The molecule has 4 atom stereocenters. The minimum atomic E-state index is -0.612. The molecule has 0 spiro atoms. The predicted octanol–water partition coefficient (Wildman–Crippen LogP) is 4.09. The average Bonchev–Trinajstić information content (AvgIpc) is 3.37. The highest BCUT2D eigenvalue weighted by molar-refractivity contribution is 6.30. The van der Waals surface area contributed by atoms with Crippen molar-refractivity contribution in [3.8, 4) is 5.75 Å². The van der Waals surface area contributed by atoms with Crippen LogP contribution in [0.5, 0.6) is 5.75 Å². The molecular weight excluding hydrogens is 378 g/mol. The van der Waals surface area contributed by atoms with Crippen LogP contribution >= 0.6 is 11.6 Å². The van der Waals surface area contributed by atoms with Gasteiger partial charge in [0.1, 0.15) is 5.75 Å².